The first-order chi connectivity index (χ1) is 19.4. The first-order valence-corrected chi connectivity index (χ1v) is 14.7. The SMILES string of the molecule is CCCCCC(=O)Nc1ccc(CNc2ncnc3c2ncn3[C@@H]2O[C@H](CSCCNC(C)=O)[C@@H](O)[C@H]2O)cc1. The summed E-state index contributed by atoms with van der Waals surface area (Å²) in [5.41, 5.74) is 2.73. The molecular formula is C27H37N7O5S. The highest BCUT2D eigenvalue weighted by molar-refractivity contribution is 7.99. The van der Waals surface area contributed by atoms with Gasteiger partial charge >= 0.3 is 0 Å². The molecule has 0 saturated carbocycles. The van der Waals surface area contributed by atoms with E-state index in [1.165, 1.54) is 31.3 Å². The highest BCUT2D eigenvalue weighted by Crippen LogP contribution is 2.33. The summed E-state index contributed by atoms with van der Waals surface area (Å²) in [5.74, 6) is 1.58. The molecule has 0 radical (unpaired) electrons. The molecule has 0 unspecified atom stereocenters. The number of ether oxygens (including phenoxy) is 1. The van der Waals surface area contributed by atoms with Crippen molar-refractivity contribution in [3.8, 4) is 0 Å². The number of fused-ring (bicyclic) bond motifs is 1. The molecule has 3 heterocycles. The molecule has 40 heavy (non-hydrogen) atoms. The van der Waals surface area contributed by atoms with Crippen LogP contribution in [0.5, 0.6) is 0 Å². The van der Waals surface area contributed by atoms with Gasteiger partial charge in [-0.15, -0.1) is 0 Å². The van der Waals surface area contributed by atoms with E-state index in [1.54, 1.807) is 4.57 Å². The zero-order valence-corrected chi connectivity index (χ0v) is 23.6. The number of rotatable bonds is 14. The number of nitrogens with zero attached hydrogens (tertiary/aromatic N) is 4. The van der Waals surface area contributed by atoms with Crippen molar-refractivity contribution in [2.75, 3.05) is 28.7 Å². The predicted octanol–water partition coefficient (Wildman–Crippen LogP) is 2.45. The number of aromatic nitrogens is 4. The highest BCUT2D eigenvalue weighted by atomic mass is 32.2. The molecule has 1 fully saturated rings. The van der Waals surface area contributed by atoms with Gasteiger partial charge in [0.15, 0.2) is 23.2 Å². The Morgan fingerprint density at radius 3 is 2.65 bits per heavy atom. The number of nitrogens with one attached hydrogen (secondary N) is 3. The van der Waals surface area contributed by atoms with Gasteiger partial charge in [-0.2, -0.15) is 11.8 Å². The van der Waals surface area contributed by atoms with Crippen LogP contribution in [0, 0.1) is 0 Å². The topological polar surface area (TPSA) is 164 Å². The zero-order chi connectivity index (χ0) is 28.5. The lowest BCUT2D eigenvalue weighted by Crippen LogP contribution is -2.33. The van der Waals surface area contributed by atoms with Crippen LogP contribution in [0.25, 0.3) is 11.2 Å². The van der Waals surface area contributed by atoms with Crippen LogP contribution in [0.1, 0.15) is 51.3 Å². The summed E-state index contributed by atoms with van der Waals surface area (Å²) < 4.78 is 7.61. The highest BCUT2D eigenvalue weighted by Gasteiger charge is 2.44. The van der Waals surface area contributed by atoms with E-state index in [9.17, 15) is 19.8 Å². The van der Waals surface area contributed by atoms with E-state index in [1.807, 2.05) is 24.3 Å². The van der Waals surface area contributed by atoms with Crippen LogP contribution in [-0.4, -0.2) is 77.9 Å². The first kappa shape index (κ1) is 29.7. The molecular weight excluding hydrogens is 534 g/mol. The molecule has 1 aliphatic rings. The maximum absolute atomic E-state index is 12.1. The van der Waals surface area contributed by atoms with Crippen molar-refractivity contribution >= 4 is 46.2 Å². The average Bonchev–Trinajstić information content (AvgIpc) is 3.49. The Kier molecular flexibility index (Phi) is 10.7. The average molecular weight is 572 g/mol. The largest absolute Gasteiger partial charge is 0.387 e. The summed E-state index contributed by atoms with van der Waals surface area (Å²) >= 11 is 1.52. The standard InChI is InChI=1S/C27H37N7O5S/c1-3-4-5-6-21(36)33-19-9-7-18(8-10-19)13-29-25-22-26(31-15-30-25)34(16-32-22)27-24(38)23(37)20(39-27)14-40-12-11-28-17(2)35/h7-10,15-16,20,23-24,27,37-38H,3-6,11-14H2,1-2H3,(H,28,35)(H,33,36)(H,29,30,31)/t20-,23-,24-,27-/m1/s1. The van der Waals surface area contributed by atoms with Crippen molar-refractivity contribution in [2.45, 2.75) is 70.6 Å². The second-order valence-electron chi connectivity index (χ2n) is 9.71. The number of hydrogen-bond donors (Lipinski definition) is 5. The fourth-order valence-corrected chi connectivity index (χ4v) is 5.33. The lowest BCUT2D eigenvalue weighted by Gasteiger charge is -2.16. The second-order valence-corrected chi connectivity index (χ2v) is 10.9. The first-order valence-electron chi connectivity index (χ1n) is 13.5. The van der Waals surface area contributed by atoms with Crippen LogP contribution >= 0.6 is 11.8 Å². The number of imidazole rings is 1. The summed E-state index contributed by atoms with van der Waals surface area (Å²) in [6.45, 7) is 4.57. The predicted molar refractivity (Wildman–Crippen MR) is 154 cm³/mol. The van der Waals surface area contributed by atoms with E-state index in [4.69, 9.17) is 4.74 Å². The lowest BCUT2D eigenvalue weighted by atomic mass is 10.1. The van der Waals surface area contributed by atoms with Gasteiger partial charge in [0.05, 0.1) is 12.4 Å². The smallest absolute Gasteiger partial charge is 0.224 e. The maximum atomic E-state index is 12.1. The monoisotopic (exact) mass is 571 g/mol. The van der Waals surface area contributed by atoms with E-state index >= 15 is 0 Å². The summed E-state index contributed by atoms with van der Waals surface area (Å²) in [7, 11) is 0. The Morgan fingerprint density at radius 2 is 1.90 bits per heavy atom. The Hall–Kier alpha value is -3.26. The van der Waals surface area contributed by atoms with Crippen molar-refractivity contribution in [3.05, 3.63) is 42.5 Å². The minimum absolute atomic E-state index is 0.0224. The number of aliphatic hydroxyl groups is 2. The van der Waals surface area contributed by atoms with Gasteiger partial charge in [-0.05, 0) is 24.1 Å². The van der Waals surface area contributed by atoms with Crippen LogP contribution in [0.3, 0.4) is 0 Å². The number of carbonyl (C=O) groups is 2. The Labute approximate surface area is 237 Å². The van der Waals surface area contributed by atoms with Gasteiger partial charge in [0, 0.05) is 43.6 Å². The normalized spacial score (nSPS) is 20.5. The second kappa shape index (κ2) is 14.4. The molecule has 0 spiro atoms. The van der Waals surface area contributed by atoms with Crippen molar-refractivity contribution in [3.63, 3.8) is 0 Å². The van der Waals surface area contributed by atoms with Crippen LogP contribution < -0.4 is 16.0 Å². The fraction of sp³-hybridized carbons (Fsp3) is 0.519. The van der Waals surface area contributed by atoms with E-state index in [0.29, 0.717) is 48.0 Å². The van der Waals surface area contributed by atoms with E-state index in [2.05, 4.69) is 37.8 Å². The molecule has 1 aliphatic heterocycles. The molecule has 13 heteroatoms. The minimum Gasteiger partial charge on any atom is -0.387 e. The molecule has 0 aliphatic carbocycles. The maximum Gasteiger partial charge on any atom is 0.224 e. The molecule has 2 amide bonds. The summed E-state index contributed by atoms with van der Waals surface area (Å²) in [6, 6.07) is 7.61. The van der Waals surface area contributed by atoms with Crippen LogP contribution in [0.15, 0.2) is 36.9 Å². The third kappa shape index (κ3) is 7.68. The quantitative estimate of drug-likeness (QED) is 0.182. The van der Waals surface area contributed by atoms with Gasteiger partial charge < -0.3 is 30.9 Å². The molecule has 1 aromatic carbocycles. The molecule has 0 bridgehead atoms. The molecule has 4 atom stereocenters. The molecule has 2 aromatic heterocycles. The van der Waals surface area contributed by atoms with Crippen molar-refractivity contribution in [1.29, 1.82) is 0 Å². The van der Waals surface area contributed by atoms with Crippen molar-refractivity contribution < 1.29 is 24.5 Å². The van der Waals surface area contributed by atoms with Gasteiger partial charge in [-0.1, -0.05) is 31.9 Å². The van der Waals surface area contributed by atoms with Gasteiger partial charge in [-0.25, -0.2) is 15.0 Å². The number of amides is 2. The Balaban J connectivity index is 1.34. The van der Waals surface area contributed by atoms with Crippen LogP contribution in [-0.2, 0) is 20.9 Å². The van der Waals surface area contributed by atoms with E-state index in [-0.39, 0.29) is 11.8 Å². The number of hydrogen-bond acceptors (Lipinski definition) is 10. The Morgan fingerprint density at radius 1 is 1.10 bits per heavy atom. The number of unbranched alkanes of at least 4 members (excludes halogenated alkanes) is 2. The van der Waals surface area contributed by atoms with Gasteiger partial charge in [0.1, 0.15) is 18.5 Å². The molecule has 3 aromatic rings. The zero-order valence-electron chi connectivity index (χ0n) is 22.7. The van der Waals surface area contributed by atoms with Gasteiger partial charge in [-0.3, -0.25) is 14.2 Å². The minimum atomic E-state index is -1.16. The fourth-order valence-electron chi connectivity index (χ4n) is 4.41. The van der Waals surface area contributed by atoms with E-state index in [0.717, 1.165) is 30.5 Å². The molecule has 5 N–H and O–H groups in total. The van der Waals surface area contributed by atoms with Gasteiger partial charge in [0.25, 0.3) is 0 Å². The summed E-state index contributed by atoms with van der Waals surface area (Å²) in [6.07, 6.45) is 2.81. The molecule has 216 valence electrons. The Bertz CT molecular complexity index is 1270. The van der Waals surface area contributed by atoms with E-state index < -0.39 is 24.5 Å². The third-order valence-corrected chi connectivity index (χ3v) is 7.63. The molecule has 4 rings (SSSR count). The van der Waals surface area contributed by atoms with Crippen LogP contribution in [0.2, 0.25) is 0 Å². The van der Waals surface area contributed by atoms with Crippen molar-refractivity contribution in [1.82, 2.24) is 24.8 Å². The molecule has 1 saturated heterocycles. The number of thioether (sulfide) groups is 1. The third-order valence-electron chi connectivity index (χ3n) is 6.58. The number of benzene rings is 1. The summed E-state index contributed by atoms with van der Waals surface area (Å²) in [5, 5.41) is 30.2. The molecule has 12 nitrogen and oxygen atoms in total. The number of aliphatic hydroxyl groups excluding tert-OH is 2. The summed E-state index contributed by atoms with van der Waals surface area (Å²) in [4.78, 5) is 36.2. The number of anilines is 2. The number of carbonyl (C=O) groups excluding carboxylic acids is 2. The van der Waals surface area contributed by atoms with Crippen molar-refractivity contribution in [2.24, 2.45) is 0 Å². The lowest BCUT2D eigenvalue weighted by molar-refractivity contribution is -0.119. The van der Waals surface area contributed by atoms with Gasteiger partial charge in [0.2, 0.25) is 11.8 Å². The van der Waals surface area contributed by atoms with Crippen LogP contribution in [0.4, 0.5) is 11.5 Å².